The Labute approximate surface area is 150 Å². The average molecular weight is 350 g/mol. The zero-order valence-electron chi connectivity index (χ0n) is 16.0. The number of aliphatic hydroxyl groups is 1. The summed E-state index contributed by atoms with van der Waals surface area (Å²) in [6, 6.07) is 0. The number of aliphatic hydroxyl groups excluding tert-OH is 1. The molecule has 0 radical (unpaired) electrons. The number of carbonyl (C=O) groups is 2. The first-order chi connectivity index (χ1) is 11.6. The number of carbonyl (C=O) groups excluding carboxylic acids is 2. The topological polar surface area (TPSA) is 72.8 Å². The van der Waals surface area contributed by atoms with Crippen molar-refractivity contribution >= 4 is 11.8 Å². The van der Waals surface area contributed by atoms with E-state index in [-0.39, 0.29) is 23.7 Å². The molecule has 2 bridgehead atoms. The molecule has 5 heteroatoms. The number of ketones is 1. The minimum atomic E-state index is -1.19. The smallest absolute Gasteiger partial charge is 0.312 e. The third-order valence-electron chi connectivity index (χ3n) is 5.66. The predicted molar refractivity (Wildman–Crippen MR) is 93.8 cm³/mol. The summed E-state index contributed by atoms with van der Waals surface area (Å²) >= 11 is 0. The number of fused-ring (bicyclic) bond motifs is 8. The summed E-state index contributed by atoms with van der Waals surface area (Å²) in [6.07, 6.45) is 0.647. The Bertz CT molecular complexity index is 603. The van der Waals surface area contributed by atoms with Crippen LogP contribution in [0.5, 0.6) is 0 Å². The lowest BCUT2D eigenvalue weighted by molar-refractivity contribution is -0.224. The molecule has 0 spiro atoms. The molecule has 0 amide bonds. The Kier molecular flexibility index (Phi) is 5.93. The van der Waals surface area contributed by atoms with Gasteiger partial charge in [-0.05, 0) is 51.5 Å². The summed E-state index contributed by atoms with van der Waals surface area (Å²) in [5.41, 5.74) is 3.20. The molecule has 1 unspecified atom stereocenters. The molecular weight excluding hydrogens is 320 g/mol. The first-order valence-corrected chi connectivity index (χ1v) is 9.14. The third-order valence-corrected chi connectivity index (χ3v) is 5.66. The first kappa shape index (κ1) is 19.9. The van der Waals surface area contributed by atoms with E-state index < -0.39 is 29.7 Å². The van der Waals surface area contributed by atoms with Crippen LogP contribution in [0, 0.1) is 17.8 Å². The van der Waals surface area contributed by atoms with Gasteiger partial charge < -0.3 is 14.6 Å². The molecule has 25 heavy (non-hydrogen) atoms. The molecular formula is C20H30O5. The van der Waals surface area contributed by atoms with Gasteiger partial charge in [-0.15, -0.1) is 5.73 Å². The van der Waals surface area contributed by atoms with Crippen molar-refractivity contribution in [2.75, 3.05) is 0 Å². The van der Waals surface area contributed by atoms with Crippen molar-refractivity contribution in [3.8, 4) is 0 Å². The third kappa shape index (κ3) is 3.89. The van der Waals surface area contributed by atoms with E-state index in [0.29, 0.717) is 12.8 Å². The number of hydrogen-bond donors (Lipinski definition) is 1. The Morgan fingerprint density at radius 2 is 1.96 bits per heavy atom. The van der Waals surface area contributed by atoms with Crippen molar-refractivity contribution in [3.05, 3.63) is 17.4 Å². The number of Topliss-reactive ketones (excluding diaryl/α,β-unsaturated/α-hetero) is 1. The monoisotopic (exact) mass is 350 g/mol. The summed E-state index contributed by atoms with van der Waals surface area (Å²) in [7, 11) is 0. The highest BCUT2D eigenvalue weighted by Gasteiger charge is 2.56. The SMILES string of the molecule is CC[C@H]1OC(=O)[C@H](C)[C@@H](O)[C@@H]2O[C@@](C)(CC(C)[C@H](C)C=C=C1C)C2=O. The normalized spacial score (nSPS) is 42.9. The second-order valence-electron chi connectivity index (χ2n) is 7.78. The van der Waals surface area contributed by atoms with Gasteiger partial charge >= 0.3 is 5.97 Å². The largest absolute Gasteiger partial charge is 0.457 e. The fourth-order valence-corrected chi connectivity index (χ4v) is 3.46. The van der Waals surface area contributed by atoms with Crippen LogP contribution in [0.1, 0.15) is 54.4 Å². The van der Waals surface area contributed by atoms with Crippen LogP contribution < -0.4 is 0 Å². The van der Waals surface area contributed by atoms with Gasteiger partial charge in [0.2, 0.25) is 0 Å². The van der Waals surface area contributed by atoms with Crippen molar-refractivity contribution in [2.45, 2.75) is 78.3 Å². The van der Waals surface area contributed by atoms with Crippen LogP contribution >= 0.6 is 0 Å². The van der Waals surface area contributed by atoms with Crippen LogP contribution in [0.4, 0.5) is 0 Å². The Hall–Kier alpha value is -1.42. The Morgan fingerprint density at radius 1 is 1.32 bits per heavy atom. The van der Waals surface area contributed by atoms with Gasteiger partial charge in [-0.3, -0.25) is 9.59 Å². The molecule has 1 N–H and O–H groups in total. The van der Waals surface area contributed by atoms with Crippen LogP contribution in [-0.4, -0.2) is 40.8 Å². The van der Waals surface area contributed by atoms with E-state index >= 15 is 0 Å². The molecule has 3 heterocycles. The molecule has 3 rings (SSSR count). The first-order valence-electron chi connectivity index (χ1n) is 9.14. The quantitative estimate of drug-likeness (QED) is 0.581. The lowest BCUT2D eigenvalue weighted by atomic mass is 9.75. The van der Waals surface area contributed by atoms with Gasteiger partial charge in [0.1, 0.15) is 23.9 Å². The molecule has 0 saturated carbocycles. The van der Waals surface area contributed by atoms with Crippen LogP contribution in [0.25, 0.3) is 0 Å². The predicted octanol–water partition coefficient (Wildman–Crippen LogP) is 2.81. The maximum atomic E-state index is 12.6. The minimum Gasteiger partial charge on any atom is -0.457 e. The van der Waals surface area contributed by atoms with Crippen LogP contribution in [0.2, 0.25) is 0 Å². The van der Waals surface area contributed by atoms with Crippen molar-refractivity contribution in [1.82, 2.24) is 0 Å². The summed E-state index contributed by atoms with van der Waals surface area (Å²) in [5.74, 6) is -1.08. The van der Waals surface area contributed by atoms with E-state index in [2.05, 4.69) is 19.6 Å². The summed E-state index contributed by atoms with van der Waals surface area (Å²) in [5, 5.41) is 10.4. The van der Waals surface area contributed by atoms with E-state index in [4.69, 9.17) is 9.47 Å². The van der Waals surface area contributed by atoms with Crippen LogP contribution in [0.15, 0.2) is 17.4 Å². The maximum absolute atomic E-state index is 12.6. The van der Waals surface area contributed by atoms with E-state index in [1.165, 1.54) is 0 Å². The average Bonchev–Trinajstić information content (AvgIpc) is 2.59. The summed E-state index contributed by atoms with van der Waals surface area (Å²) in [6.45, 7) is 11.3. The zero-order chi connectivity index (χ0) is 18.9. The fraction of sp³-hybridized carbons (Fsp3) is 0.750. The van der Waals surface area contributed by atoms with Gasteiger partial charge in [0.05, 0.1) is 5.92 Å². The zero-order valence-corrected chi connectivity index (χ0v) is 16.0. The molecule has 140 valence electrons. The van der Waals surface area contributed by atoms with Crippen molar-refractivity contribution in [2.24, 2.45) is 17.8 Å². The van der Waals surface area contributed by atoms with E-state index in [1.807, 2.05) is 19.9 Å². The second-order valence-corrected chi connectivity index (χ2v) is 7.78. The molecule has 0 aromatic carbocycles. The molecule has 0 aromatic rings. The van der Waals surface area contributed by atoms with E-state index in [0.717, 1.165) is 5.57 Å². The van der Waals surface area contributed by atoms with E-state index in [1.54, 1.807) is 13.8 Å². The van der Waals surface area contributed by atoms with Gasteiger partial charge in [-0.25, -0.2) is 0 Å². The second kappa shape index (κ2) is 7.45. The van der Waals surface area contributed by atoms with Gasteiger partial charge in [-0.2, -0.15) is 0 Å². The minimum absolute atomic E-state index is 0.140. The van der Waals surface area contributed by atoms with Crippen molar-refractivity contribution < 1.29 is 24.2 Å². The van der Waals surface area contributed by atoms with Crippen LogP contribution in [0.3, 0.4) is 0 Å². The highest BCUT2D eigenvalue weighted by Crippen LogP contribution is 2.39. The highest BCUT2D eigenvalue weighted by atomic mass is 16.6. The lowest BCUT2D eigenvalue weighted by Crippen LogP contribution is -2.65. The number of esters is 1. The molecule has 7 atom stereocenters. The molecule has 0 aromatic heterocycles. The molecule has 0 aliphatic carbocycles. The van der Waals surface area contributed by atoms with Crippen molar-refractivity contribution in [3.63, 3.8) is 0 Å². The molecule has 1 fully saturated rings. The van der Waals surface area contributed by atoms with Crippen LogP contribution in [-0.2, 0) is 19.1 Å². The van der Waals surface area contributed by atoms with Gasteiger partial charge in [0, 0.05) is 5.57 Å². The fourth-order valence-electron chi connectivity index (χ4n) is 3.46. The van der Waals surface area contributed by atoms with Gasteiger partial charge in [0.25, 0.3) is 0 Å². The molecule has 3 aliphatic heterocycles. The number of rotatable bonds is 1. The molecule has 5 nitrogen and oxygen atoms in total. The lowest BCUT2D eigenvalue weighted by Gasteiger charge is -2.47. The van der Waals surface area contributed by atoms with Crippen molar-refractivity contribution in [1.29, 1.82) is 0 Å². The Morgan fingerprint density at radius 3 is 2.52 bits per heavy atom. The summed E-state index contributed by atoms with van der Waals surface area (Å²) < 4.78 is 11.3. The van der Waals surface area contributed by atoms with E-state index in [9.17, 15) is 14.7 Å². The highest BCUT2D eigenvalue weighted by molar-refractivity contribution is 5.96. The number of hydrogen-bond acceptors (Lipinski definition) is 5. The van der Waals surface area contributed by atoms with Gasteiger partial charge in [-0.1, -0.05) is 20.8 Å². The Balaban J connectivity index is 2.37. The summed E-state index contributed by atoms with van der Waals surface area (Å²) in [4.78, 5) is 25.0. The maximum Gasteiger partial charge on any atom is 0.312 e. The molecule has 3 aliphatic rings. The van der Waals surface area contributed by atoms with Gasteiger partial charge in [0.15, 0.2) is 5.78 Å². The number of ether oxygens (including phenoxy) is 2. The molecule has 1 saturated heterocycles. The standard InChI is InChI=1S/C20H30O5/c1-7-15-12(3)9-8-11(2)13(4)10-20(6)18(22)17(25-20)16(21)14(5)19(23)24-15/h8,11,13-17,21H,7,10H2,1-6H3/t9?,11-,13?,14-,15-,16-,17+,20+/m1/s1.